The minimum atomic E-state index is -0.243. The number of carbonyl (C=O) groups excluding carboxylic acids is 1. The number of hydrogen-bond acceptors (Lipinski definition) is 4. The molecule has 2 N–H and O–H groups in total. The molecule has 0 bridgehead atoms. The SMILES string of the molecule is CNC1CCCN(C(=O)c2cc(C3CC3)nc3c2c(=O)[nH]n3C)C1. The van der Waals surface area contributed by atoms with Crippen LogP contribution in [0.5, 0.6) is 0 Å². The Balaban J connectivity index is 1.79. The second-order valence-corrected chi connectivity index (χ2v) is 6.95. The molecule has 0 aromatic carbocycles. The van der Waals surface area contributed by atoms with Gasteiger partial charge in [0.15, 0.2) is 5.65 Å². The molecular formula is C17H23N5O2. The number of nitrogens with zero attached hydrogens (tertiary/aromatic N) is 3. The van der Waals surface area contributed by atoms with E-state index in [2.05, 4.69) is 15.4 Å². The third-order valence-corrected chi connectivity index (χ3v) is 5.18. The first-order valence-electron chi connectivity index (χ1n) is 8.64. The van der Waals surface area contributed by atoms with Crippen molar-refractivity contribution in [1.29, 1.82) is 0 Å². The zero-order valence-electron chi connectivity index (χ0n) is 14.1. The second-order valence-electron chi connectivity index (χ2n) is 6.95. The first-order chi connectivity index (χ1) is 11.6. The molecule has 2 aliphatic rings. The van der Waals surface area contributed by atoms with Crippen molar-refractivity contribution in [3.05, 3.63) is 27.7 Å². The zero-order chi connectivity index (χ0) is 16.8. The number of fused-ring (bicyclic) bond motifs is 1. The largest absolute Gasteiger partial charge is 0.337 e. The lowest BCUT2D eigenvalue weighted by Crippen LogP contribution is -2.47. The van der Waals surface area contributed by atoms with Gasteiger partial charge in [0, 0.05) is 37.8 Å². The van der Waals surface area contributed by atoms with Crippen LogP contribution in [0.3, 0.4) is 0 Å². The van der Waals surface area contributed by atoms with Crippen LogP contribution in [0.4, 0.5) is 0 Å². The summed E-state index contributed by atoms with van der Waals surface area (Å²) >= 11 is 0. The van der Waals surface area contributed by atoms with Gasteiger partial charge in [0.05, 0.1) is 10.9 Å². The summed E-state index contributed by atoms with van der Waals surface area (Å²) in [6.07, 6.45) is 4.27. The number of piperidine rings is 1. The standard InChI is InChI=1S/C17H23N5O2/c1-18-11-4-3-7-22(9-11)17(24)12-8-13(10-5-6-10)19-15-14(12)16(23)20-21(15)2/h8,10-11,18H,3-7,9H2,1-2H3,(H,20,23). The van der Waals surface area contributed by atoms with Crippen LogP contribution in [0.2, 0.25) is 0 Å². The van der Waals surface area contributed by atoms with Gasteiger partial charge in [-0.1, -0.05) is 0 Å². The van der Waals surface area contributed by atoms with Crippen LogP contribution >= 0.6 is 0 Å². The van der Waals surface area contributed by atoms with Crippen molar-refractivity contribution in [1.82, 2.24) is 25.0 Å². The van der Waals surface area contributed by atoms with E-state index in [1.54, 1.807) is 11.7 Å². The summed E-state index contributed by atoms with van der Waals surface area (Å²) in [5.74, 6) is 0.373. The molecular weight excluding hydrogens is 306 g/mol. The van der Waals surface area contributed by atoms with Crippen LogP contribution in [-0.2, 0) is 7.05 Å². The quantitative estimate of drug-likeness (QED) is 0.879. The summed E-state index contributed by atoms with van der Waals surface area (Å²) in [5, 5.41) is 6.41. The molecule has 2 aromatic rings. The van der Waals surface area contributed by atoms with Gasteiger partial charge in [0.2, 0.25) is 0 Å². The molecule has 3 heterocycles. The van der Waals surface area contributed by atoms with E-state index in [9.17, 15) is 9.59 Å². The van der Waals surface area contributed by atoms with Gasteiger partial charge in [-0.3, -0.25) is 19.4 Å². The number of likely N-dealkylation sites (N-methyl/N-ethyl adjacent to an activating group) is 1. The fraction of sp³-hybridized carbons (Fsp3) is 0.588. The lowest BCUT2D eigenvalue weighted by Gasteiger charge is -2.32. The molecule has 1 saturated carbocycles. The molecule has 2 aromatic heterocycles. The van der Waals surface area contributed by atoms with E-state index in [0.29, 0.717) is 35.1 Å². The molecule has 1 aliphatic heterocycles. The van der Waals surface area contributed by atoms with Gasteiger partial charge >= 0.3 is 0 Å². The number of nitrogens with one attached hydrogen (secondary N) is 2. The van der Waals surface area contributed by atoms with Gasteiger partial charge in [0.1, 0.15) is 0 Å². The Morgan fingerprint density at radius 3 is 2.88 bits per heavy atom. The van der Waals surface area contributed by atoms with Gasteiger partial charge < -0.3 is 10.2 Å². The average Bonchev–Trinajstić information content (AvgIpc) is 3.41. The minimum Gasteiger partial charge on any atom is -0.337 e. The number of aromatic nitrogens is 3. The second kappa shape index (κ2) is 5.73. The Morgan fingerprint density at radius 2 is 2.17 bits per heavy atom. The number of likely N-dealkylation sites (tertiary alicyclic amines) is 1. The molecule has 24 heavy (non-hydrogen) atoms. The number of amides is 1. The van der Waals surface area contributed by atoms with Crippen LogP contribution in [0.1, 0.15) is 47.7 Å². The smallest absolute Gasteiger partial charge is 0.274 e. The number of hydrogen-bond donors (Lipinski definition) is 2. The highest BCUT2D eigenvalue weighted by atomic mass is 16.2. The molecule has 7 nitrogen and oxygen atoms in total. The Morgan fingerprint density at radius 1 is 1.38 bits per heavy atom. The maximum Gasteiger partial charge on any atom is 0.274 e. The number of aromatic amines is 1. The minimum absolute atomic E-state index is 0.0547. The fourth-order valence-electron chi connectivity index (χ4n) is 3.60. The highest BCUT2D eigenvalue weighted by molar-refractivity contribution is 6.05. The van der Waals surface area contributed by atoms with Gasteiger partial charge in [0.25, 0.3) is 11.5 Å². The van der Waals surface area contributed by atoms with Crippen molar-refractivity contribution < 1.29 is 4.79 Å². The van der Waals surface area contributed by atoms with Crippen molar-refractivity contribution >= 4 is 16.9 Å². The van der Waals surface area contributed by atoms with E-state index in [-0.39, 0.29) is 11.5 Å². The maximum absolute atomic E-state index is 13.1. The summed E-state index contributed by atoms with van der Waals surface area (Å²) < 4.78 is 1.62. The number of carbonyl (C=O) groups is 1. The third kappa shape index (κ3) is 2.53. The van der Waals surface area contributed by atoms with E-state index < -0.39 is 0 Å². The molecule has 2 fully saturated rings. The van der Waals surface area contributed by atoms with Gasteiger partial charge in [-0.2, -0.15) is 0 Å². The van der Waals surface area contributed by atoms with E-state index in [0.717, 1.165) is 37.9 Å². The number of H-pyrrole nitrogens is 1. The van der Waals surface area contributed by atoms with Crippen molar-refractivity contribution in [2.45, 2.75) is 37.6 Å². The summed E-state index contributed by atoms with van der Waals surface area (Å²) in [6, 6.07) is 2.16. The van der Waals surface area contributed by atoms with E-state index in [4.69, 9.17) is 0 Å². The molecule has 1 saturated heterocycles. The van der Waals surface area contributed by atoms with Crippen LogP contribution in [0.25, 0.3) is 11.0 Å². The van der Waals surface area contributed by atoms with Gasteiger partial charge in [-0.15, -0.1) is 0 Å². The summed E-state index contributed by atoms with van der Waals surface area (Å²) in [7, 11) is 3.69. The first-order valence-corrected chi connectivity index (χ1v) is 8.64. The lowest BCUT2D eigenvalue weighted by atomic mass is 10.0. The molecule has 7 heteroatoms. The molecule has 4 rings (SSSR count). The summed E-state index contributed by atoms with van der Waals surface area (Å²) in [6.45, 7) is 1.42. The highest BCUT2D eigenvalue weighted by Gasteiger charge is 2.31. The molecule has 1 aliphatic carbocycles. The Kier molecular flexibility index (Phi) is 3.68. The molecule has 1 amide bonds. The maximum atomic E-state index is 13.1. The summed E-state index contributed by atoms with van der Waals surface area (Å²) in [4.78, 5) is 32.0. The average molecular weight is 329 g/mol. The monoisotopic (exact) mass is 329 g/mol. The molecule has 128 valence electrons. The molecule has 0 spiro atoms. The van der Waals surface area contributed by atoms with Crippen LogP contribution < -0.4 is 10.9 Å². The summed E-state index contributed by atoms with van der Waals surface area (Å²) in [5.41, 5.74) is 1.77. The molecule has 1 unspecified atom stereocenters. The van der Waals surface area contributed by atoms with E-state index in [1.165, 1.54) is 0 Å². The van der Waals surface area contributed by atoms with Crippen molar-refractivity contribution in [2.75, 3.05) is 20.1 Å². The highest BCUT2D eigenvalue weighted by Crippen LogP contribution is 2.40. The van der Waals surface area contributed by atoms with Gasteiger partial charge in [-0.05, 0) is 38.8 Å². The predicted molar refractivity (Wildman–Crippen MR) is 91.3 cm³/mol. The third-order valence-electron chi connectivity index (χ3n) is 5.18. The van der Waals surface area contributed by atoms with Crippen LogP contribution in [-0.4, -0.2) is 51.8 Å². The fourth-order valence-corrected chi connectivity index (χ4v) is 3.60. The van der Waals surface area contributed by atoms with Crippen molar-refractivity contribution in [3.63, 3.8) is 0 Å². The Labute approximate surface area is 140 Å². The number of pyridine rings is 1. The predicted octanol–water partition coefficient (Wildman–Crippen LogP) is 0.963. The molecule has 0 radical (unpaired) electrons. The Bertz CT molecular complexity index is 849. The Hall–Kier alpha value is -2.15. The van der Waals surface area contributed by atoms with Crippen LogP contribution in [0.15, 0.2) is 10.9 Å². The molecule has 1 atom stereocenters. The topological polar surface area (TPSA) is 83.0 Å². The first kappa shape index (κ1) is 15.4. The normalized spacial score (nSPS) is 21.4. The van der Waals surface area contributed by atoms with Crippen molar-refractivity contribution in [2.24, 2.45) is 7.05 Å². The van der Waals surface area contributed by atoms with Crippen molar-refractivity contribution in [3.8, 4) is 0 Å². The zero-order valence-corrected chi connectivity index (χ0v) is 14.1. The number of rotatable bonds is 3. The van der Waals surface area contributed by atoms with E-state index in [1.807, 2.05) is 18.0 Å². The van der Waals surface area contributed by atoms with Gasteiger partial charge in [-0.25, -0.2) is 4.98 Å². The number of aryl methyl sites for hydroxylation is 1. The lowest BCUT2D eigenvalue weighted by molar-refractivity contribution is 0.0700. The van der Waals surface area contributed by atoms with Crippen LogP contribution in [0, 0.1) is 0 Å². The van der Waals surface area contributed by atoms with E-state index >= 15 is 0 Å².